The number of hydrogen-bond acceptors (Lipinski definition) is 4. The molecule has 0 saturated carbocycles. The van der Waals surface area contributed by atoms with Crippen LogP contribution in [0, 0.1) is 0 Å². The number of anilines is 1. The van der Waals surface area contributed by atoms with Gasteiger partial charge in [0.1, 0.15) is 0 Å². The average molecular weight is 343 g/mol. The minimum Gasteiger partial charge on any atom is -0.327 e. The first-order valence-electron chi connectivity index (χ1n) is 6.90. The van der Waals surface area contributed by atoms with Gasteiger partial charge in [0.15, 0.2) is 5.13 Å². The average Bonchev–Trinajstić information content (AvgIpc) is 2.84. The topological polar surface area (TPSA) is 68.0 Å². The van der Waals surface area contributed by atoms with Crippen molar-refractivity contribution in [3.63, 3.8) is 0 Å². The van der Waals surface area contributed by atoms with Crippen LogP contribution >= 0.6 is 11.3 Å². The number of carbonyl (C=O) groups excluding carboxylic acids is 1. The Morgan fingerprint density at radius 2 is 2.00 bits per heavy atom. The summed E-state index contributed by atoms with van der Waals surface area (Å²) in [7, 11) is 0. The smallest absolute Gasteiger partial charge is 0.327 e. The standard InChI is InChI=1S/C15H16F3N3OS/c1-9(19)6-13(22)21-14-20-8-12(23-14)7-10-2-4-11(5-3-10)15(16,17)18/h2-5,8-9H,6-7,19H2,1H3,(H,20,21,22). The maximum absolute atomic E-state index is 12.5. The van der Waals surface area contributed by atoms with Crippen LogP contribution in [0.1, 0.15) is 29.3 Å². The van der Waals surface area contributed by atoms with Gasteiger partial charge >= 0.3 is 6.18 Å². The fourth-order valence-corrected chi connectivity index (χ4v) is 2.79. The van der Waals surface area contributed by atoms with Gasteiger partial charge in [-0.3, -0.25) is 4.79 Å². The van der Waals surface area contributed by atoms with E-state index in [0.717, 1.165) is 22.6 Å². The number of thiazole rings is 1. The zero-order chi connectivity index (χ0) is 17.0. The first-order valence-corrected chi connectivity index (χ1v) is 7.72. The van der Waals surface area contributed by atoms with Gasteiger partial charge in [-0.25, -0.2) is 4.98 Å². The van der Waals surface area contributed by atoms with Crippen molar-refractivity contribution in [1.29, 1.82) is 0 Å². The van der Waals surface area contributed by atoms with Gasteiger partial charge in [-0.15, -0.1) is 11.3 Å². The van der Waals surface area contributed by atoms with Gasteiger partial charge in [0.05, 0.1) is 5.56 Å². The lowest BCUT2D eigenvalue weighted by Crippen LogP contribution is -2.23. The predicted octanol–water partition coefficient (Wildman–Crippen LogP) is 3.43. The Balaban J connectivity index is 1.98. The van der Waals surface area contributed by atoms with E-state index >= 15 is 0 Å². The molecule has 0 bridgehead atoms. The van der Waals surface area contributed by atoms with Crippen LogP contribution < -0.4 is 11.1 Å². The lowest BCUT2D eigenvalue weighted by Gasteiger charge is -2.07. The molecule has 0 aliphatic heterocycles. The Kier molecular flexibility index (Phi) is 5.38. The zero-order valence-electron chi connectivity index (χ0n) is 12.4. The highest BCUT2D eigenvalue weighted by molar-refractivity contribution is 7.15. The number of alkyl halides is 3. The first kappa shape index (κ1) is 17.4. The predicted molar refractivity (Wildman–Crippen MR) is 83.3 cm³/mol. The maximum Gasteiger partial charge on any atom is 0.416 e. The third-order valence-electron chi connectivity index (χ3n) is 2.97. The summed E-state index contributed by atoms with van der Waals surface area (Å²) in [5.41, 5.74) is 5.61. The molecule has 1 heterocycles. The summed E-state index contributed by atoms with van der Waals surface area (Å²) < 4.78 is 37.5. The van der Waals surface area contributed by atoms with Crippen molar-refractivity contribution in [2.45, 2.75) is 32.0 Å². The fourth-order valence-electron chi connectivity index (χ4n) is 1.92. The number of aromatic nitrogens is 1. The van der Waals surface area contributed by atoms with Crippen LogP contribution in [-0.4, -0.2) is 16.9 Å². The molecule has 23 heavy (non-hydrogen) atoms. The maximum atomic E-state index is 12.5. The van der Waals surface area contributed by atoms with Crippen molar-refractivity contribution in [3.8, 4) is 0 Å². The molecular weight excluding hydrogens is 327 g/mol. The van der Waals surface area contributed by atoms with Crippen molar-refractivity contribution in [2.75, 3.05) is 5.32 Å². The highest BCUT2D eigenvalue weighted by Crippen LogP contribution is 2.29. The number of nitrogens with one attached hydrogen (secondary N) is 1. The van der Waals surface area contributed by atoms with Crippen molar-refractivity contribution in [2.24, 2.45) is 5.73 Å². The summed E-state index contributed by atoms with van der Waals surface area (Å²) in [6, 6.07) is 4.76. The quantitative estimate of drug-likeness (QED) is 0.874. The molecule has 1 aromatic carbocycles. The Morgan fingerprint density at radius 3 is 2.57 bits per heavy atom. The van der Waals surface area contributed by atoms with Gasteiger partial charge in [0.25, 0.3) is 0 Å². The summed E-state index contributed by atoms with van der Waals surface area (Å²) in [5.74, 6) is -0.213. The molecule has 3 N–H and O–H groups in total. The number of amides is 1. The van der Waals surface area contributed by atoms with E-state index in [9.17, 15) is 18.0 Å². The molecule has 1 aromatic heterocycles. The van der Waals surface area contributed by atoms with Crippen LogP contribution in [0.5, 0.6) is 0 Å². The SMILES string of the molecule is CC(N)CC(=O)Nc1ncc(Cc2ccc(C(F)(F)F)cc2)s1. The number of nitrogens with two attached hydrogens (primary N) is 1. The highest BCUT2D eigenvalue weighted by Gasteiger charge is 2.29. The molecule has 0 saturated heterocycles. The second kappa shape index (κ2) is 7.10. The third kappa shape index (κ3) is 5.33. The Morgan fingerprint density at radius 1 is 1.35 bits per heavy atom. The molecule has 2 rings (SSSR count). The molecule has 2 aromatic rings. The van der Waals surface area contributed by atoms with Crippen molar-refractivity contribution < 1.29 is 18.0 Å². The molecule has 124 valence electrons. The van der Waals surface area contributed by atoms with E-state index in [0.29, 0.717) is 11.6 Å². The van der Waals surface area contributed by atoms with Gasteiger partial charge in [-0.1, -0.05) is 12.1 Å². The van der Waals surface area contributed by atoms with Crippen LogP contribution in [0.2, 0.25) is 0 Å². The van der Waals surface area contributed by atoms with Crippen LogP contribution in [0.15, 0.2) is 30.5 Å². The van der Waals surface area contributed by atoms with Gasteiger partial charge in [0.2, 0.25) is 5.91 Å². The number of nitrogens with zero attached hydrogens (tertiary/aromatic N) is 1. The number of halogens is 3. The molecule has 1 amide bonds. The molecule has 1 atom stereocenters. The van der Waals surface area contributed by atoms with Crippen LogP contribution in [-0.2, 0) is 17.4 Å². The minimum atomic E-state index is -4.33. The van der Waals surface area contributed by atoms with Crippen molar-refractivity contribution in [1.82, 2.24) is 4.98 Å². The summed E-state index contributed by atoms with van der Waals surface area (Å²) in [5, 5.41) is 3.10. The molecule has 1 unspecified atom stereocenters. The Bertz CT molecular complexity index is 665. The Hall–Kier alpha value is -1.93. The molecule has 8 heteroatoms. The summed E-state index contributed by atoms with van der Waals surface area (Å²) in [4.78, 5) is 16.5. The van der Waals surface area contributed by atoms with E-state index < -0.39 is 11.7 Å². The second-order valence-electron chi connectivity index (χ2n) is 5.23. The van der Waals surface area contributed by atoms with Gasteiger partial charge < -0.3 is 11.1 Å². The lowest BCUT2D eigenvalue weighted by molar-refractivity contribution is -0.137. The largest absolute Gasteiger partial charge is 0.416 e. The van der Waals surface area contributed by atoms with Gasteiger partial charge in [-0.05, 0) is 24.6 Å². The summed E-state index contributed by atoms with van der Waals surface area (Å²) in [6.07, 6.45) is -2.07. The summed E-state index contributed by atoms with van der Waals surface area (Å²) in [6.45, 7) is 1.73. The Labute approximate surface area is 135 Å². The molecule has 0 radical (unpaired) electrons. The van der Waals surface area contributed by atoms with Crippen molar-refractivity contribution >= 4 is 22.4 Å². The van der Waals surface area contributed by atoms with Crippen LogP contribution in [0.4, 0.5) is 18.3 Å². The van der Waals surface area contributed by atoms with Crippen LogP contribution in [0.25, 0.3) is 0 Å². The van der Waals surface area contributed by atoms with E-state index in [4.69, 9.17) is 5.73 Å². The van der Waals surface area contributed by atoms with E-state index in [2.05, 4.69) is 10.3 Å². The first-order chi connectivity index (χ1) is 10.7. The van der Waals surface area contributed by atoms with Crippen molar-refractivity contribution in [3.05, 3.63) is 46.5 Å². The van der Waals surface area contributed by atoms with Crippen LogP contribution in [0.3, 0.4) is 0 Å². The molecule has 0 aliphatic rings. The van der Waals surface area contributed by atoms with E-state index in [1.54, 1.807) is 13.1 Å². The normalized spacial score (nSPS) is 12.9. The number of hydrogen-bond donors (Lipinski definition) is 2. The summed E-state index contributed by atoms with van der Waals surface area (Å²) >= 11 is 1.29. The monoisotopic (exact) mass is 343 g/mol. The zero-order valence-corrected chi connectivity index (χ0v) is 13.2. The van der Waals surface area contributed by atoms with Gasteiger partial charge in [0, 0.05) is 30.0 Å². The second-order valence-corrected chi connectivity index (χ2v) is 6.35. The lowest BCUT2D eigenvalue weighted by atomic mass is 10.1. The van der Waals surface area contributed by atoms with E-state index in [-0.39, 0.29) is 18.4 Å². The minimum absolute atomic E-state index is 0.202. The van der Waals surface area contributed by atoms with Gasteiger partial charge in [-0.2, -0.15) is 13.2 Å². The molecule has 0 aliphatic carbocycles. The molecular formula is C15H16F3N3OS. The third-order valence-corrected chi connectivity index (χ3v) is 3.88. The molecule has 0 spiro atoms. The highest BCUT2D eigenvalue weighted by atomic mass is 32.1. The van der Waals surface area contributed by atoms with E-state index in [1.807, 2.05) is 0 Å². The molecule has 0 fully saturated rings. The number of benzene rings is 1. The van der Waals surface area contributed by atoms with E-state index in [1.165, 1.54) is 23.5 Å². The number of carbonyl (C=O) groups is 1. The molecule has 4 nitrogen and oxygen atoms in total. The number of rotatable bonds is 5. The fraction of sp³-hybridized carbons (Fsp3) is 0.333.